The molecule has 5 heteroatoms. The summed E-state index contributed by atoms with van der Waals surface area (Å²) in [6, 6.07) is 33.6. The SMILES string of the molecule is [CH2-]c1ccccc1C(C)c1[c-]cccc1.[CH2-]c1ccccc1N(C(=O)CC)c1[c-]cccn1.[U+2].[U+2]. The Hall–Kier alpha value is -1.88. The van der Waals surface area contributed by atoms with Crippen molar-refractivity contribution in [1.82, 2.24) is 4.98 Å². The summed E-state index contributed by atoms with van der Waals surface area (Å²) in [6.45, 7) is 12.0. The maximum absolute atomic E-state index is 12.1. The number of pyridine rings is 1. The summed E-state index contributed by atoms with van der Waals surface area (Å²) in [5, 5.41) is 0. The van der Waals surface area contributed by atoms with Crippen molar-refractivity contribution < 1.29 is 67.0 Å². The number of rotatable bonds is 5. The van der Waals surface area contributed by atoms with E-state index in [1.54, 1.807) is 23.2 Å². The minimum absolute atomic E-state index is 0. The van der Waals surface area contributed by atoms with Gasteiger partial charge in [0, 0.05) is 12.2 Å². The molecule has 0 spiro atoms. The van der Waals surface area contributed by atoms with Gasteiger partial charge >= 0.3 is 62.2 Å². The molecule has 0 fully saturated rings. The Labute approximate surface area is 257 Å². The van der Waals surface area contributed by atoms with Crippen molar-refractivity contribution in [2.75, 3.05) is 4.90 Å². The third-order valence-electron chi connectivity index (χ3n) is 5.31. The van der Waals surface area contributed by atoms with Gasteiger partial charge in [-0.05, 0) is 0 Å². The molecular formula is C30H28N2OU2. The first kappa shape index (κ1) is 31.2. The van der Waals surface area contributed by atoms with E-state index in [2.05, 4.69) is 62.2 Å². The average molecular weight is 909 g/mol. The van der Waals surface area contributed by atoms with Gasteiger partial charge in [0.1, 0.15) is 0 Å². The van der Waals surface area contributed by atoms with Gasteiger partial charge in [-0.1, -0.05) is 49.8 Å². The van der Waals surface area contributed by atoms with Crippen molar-refractivity contribution in [3.05, 3.63) is 139 Å². The van der Waals surface area contributed by atoms with E-state index in [1.807, 2.05) is 55.5 Å². The molecule has 0 aliphatic carbocycles. The largest absolute Gasteiger partial charge is 2.00 e. The minimum atomic E-state index is -0.0268. The van der Waals surface area contributed by atoms with Crippen LogP contribution in [0.25, 0.3) is 0 Å². The van der Waals surface area contributed by atoms with Gasteiger partial charge in [0.25, 0.3) is 0 Å². The van der Waals surface area contributed by atoms with Gasteiger partial charge < -0.3 is 4.90 Å². The third kappa shape index (κ3) is 8.63. The van der Waals surface area contributed by atoms with Crippen molar-refractivity contribution in [2.24, 2.45) is 0 Å². The molecule has 0 bridgehead atoms. The van der Waals surface area contributed by atoms with Crippen LogP contribution in [0.5, 0.6) is 0 Å². The van der Waals surface area contributed by atoms with E-state index in [1.165, 1.54) is 11.1 Å². The number of carbonyl (C=O) groups excluding carboxylic acids is 1. The Bertz CT molecular complexity index is 1170. The number of amides is 1. The molecule has 172 valence electrons. The van der Waals surface area contributed by atoms with Crippen molar-refractivity contribution in [3.63, 3.8) is 0 Å². The summed E-state index contributed by atoms with van der Waals surface area (Å²) >= 11 is 0. The number of para-hydroxylation sites is 1. The number of anilines is 2. The molecule has 1 heterocycles. The number of nitrogens with zero attached hydrogens (tertiary/aromatic N) is 2. The zero-order valence-corrected chi connectivity index (χ0v) is 28.5. The van der Waals surface area contributed by atoms with Gasteiger partial charge in [0.15, 0.2) is 0 Å². The number of hydrogen-bond donors (Lipinski definition) is 0. The molecule has 3 nitrogen and oxygen atoms in total. The smallest absolute Gasteiger partial charge is 0.336 e. The normalized spacial score (nSPS) is 10.5. The summed E-state index contributed by atoms with van der Waals surface area (Å²) in [6.07, 6.45) is 2.05. The molecule has 0 radical (unpaired) electrons. The van der Waals surface area contributed by atoms with Crippen LogP contribution in [0, 0.1) is 88.2 Å². The van der Waals surface area contributed by atoms with Gasteiger partial charge in [-0.2, -0.15) is 79.1 Å². The van der Waals surface area contributed by atoms with Crippen LogP contribution in [0.3, 0.4) is 0 Å². The molecule has 0 aliphatic rings. The molecule has 4 rings (SSSR count). The molecule has 1 aromatic heterocycles. The van der Waals surface area contributed by atoms with E-state index >= 15 is 0 Å². The van der Waals surface area contributed by atoms with Gasteiger partial charge in [-0.25, -0.2) is 12.1 Å². The van der Waals surface area contributed by atoms with Crippen LogP contribution >= 0.6 is 0 Å². The Morgan fingerprint density at radius 2 is 1.51 bits per heavy atom. The zero-order chi connectivity index (χ0) is 23.6. The number of benzene rings is 3. The van der Waals surface area contributed by atoms with E-state index in [9.17, 15) is 4.79 Å². The van der Waals surface area contributed by atoms with Crippen LogP contribution in [0.4, 0.5) is 11.5 Å². The van der Waals surface area contributed by atoms with Crippen LogP contribution in [-0.2, 0) is 4.79 Å². The summed E-state index contributed by atoms with van der Waals surface area (Å²) in [5.41, 5.74) is 5.13. The van der Waals surface area contributed by atoms with Crippen LogP contribution in [0.1, 0.15) is 48.4 Å². The number of aromatic nitrogens is 1. The second-order valence-electron chi connectivity index (χ2n) is 7.56. The quantitative estimate of drug-likeness (QED) is 0.203. The second-order valence-corrected chi connectivity index (χ2v) is 7.56. The fourth-order valence-corrected chi connectivity index (χ4v) is 3.49. The van der Waals surface area contributed by atoms with Gasteiger partial charge in [-0.3, -0.25) is 9.78 Å². The van der Waals surface area contributed by atoms with Crippen molar-refractivity contribution in [1.29, 1.82) is 0 Å². The predicted molar refractivity (Wildman–Crippen MR) is 135 cm³/mol. The third-order valence-corrected chi connectivity index (χ3v) is 5.31. The Morgan fingerprint density at radius 3 is 2.09 bits per heavy atom. The molecule has 35 heavy (non-hydrogen) atoms. The maximum atomic E-state index is 12.1. The molecule has 1 amide bonds. The Balaban J connectivity index is 0.000000336. The van der Waals surface area contributed by atoms with Crippen LogP contribution in [-0.4, -0.2) is 10.9 Å². The van der Waals surface area contributed by atoms with Crippen LogP contribution in [0.15, 0.2) is 91.1 Å². The molecule has 0 N–H and O–H groups in total. The van der Waals surface area contributed by atoms with E-state index in [0.717, 1.165) is 16.8 Å². The summed E-state index contributed by atoms with van der Waals surface area (Å²) in [4.78, 5) is 17.8. The molecule has 1 atom stereocenters. The monoisotopic (exact) mass is 908 g/mol. The summed E-state index contributed by atoms with van der Waals surface area (Å²) < 4.78 is 0. The predicted octanol–water partition coefficient (Wildman–Crippen LogP) is 6.96. The van der Waals surface area contributed by atoms with Gasteiger partial charge in [0.2, 0.25) is 5.91 Å². The number of hydrogen-bond acceptors (Lipinski definition) is 2. The van der Waals surface area contributed by atoms with Crippen molar-refractivity contribution in [3.8, 4) is 0 Å². The molecule has 0 saturated carbocycles. The van der Waals surface area contributed by atoms with Crippen molar-refractivity contribution >= 4 is 17.4 Å². The van der Waals surface area contributed by atoms with Crippen LogP contribution < -0.4 is 4.90 Å². The fourth-order valence-electron chi connectivity index (χ4n) is 3.49. The standard InChI is InChI=1S/C15H14N2O.C15H14.2U/c1-3-15(18)17(14-10-6-7-11-16-14)13-9-5-4-8-12(13)2;1-12-8-6-7-11-15(12)13(2)14-9-4-3-5-10-14;;/h4-9,11H,2-3H2,1H3;3-9,11,13H,1H2,2H3;;/q2*-2;2*+2. The molecule has 0 aliphatic heterocycles. The Morgan fingerprint density at radius 1 is 0.886 bits per heavy atom. The zero-order valence-electron chi connectivity index (χ0n) is 20.2. The van der Waals surface area contributed by atoms with E-state index < -0.39 is 0 Å². The maximum Gasteiger partial charge on any atom is 2.00 e. The van der Waals surface area contributed by atoms with Gasteiger partial charge in [0.05, 0.1) is 0 Å². The first-order valence-electron chi connectivity index (χ1n) is 11.0. The molecule has 4 aromatic rings. The topological polar surface area (TPSA) is 33.2 Å². The van der Waals surface area contributed by atoms with Gasteiger partial charge in [-0.15, -0.1) is 23.8 Å². The van der Waals surface area contributed by atoms with E-state index in [4.69, 9.17) is 0 Å². The van der Waals surface area contributed by atoms with E-state index in [-0.39, 0.29) is 68.1 Å². The summed E-state index contributed by atoms with van der Waals surface area (Å²) in [7, 11) is 0. The minimum Gasteiger partial charge on any atom is -0.336 e. The van der Waals surface area contributed by atoms with Crippen molar-refractivity contribution in [2.45, 2.75) is 26.2 Å². The summed E-state index contributed by atoms with van der Waals surface area (Å²) in [5.74, 6) is 0.835. The Kier molecular flexibility index (Phi) is 14.2. The molecule has 1 unspecified atom stereocenters. The molecule has 3 aromatic carbocycles. The molecule has 0 saturated heterocycles. The molecular weight excluding hydrogens is 880 g/mol. The second kappa shape index (κ2) is 16.0. The first-order chi connectivity index (χ1) is 16.0. The van der Waals surface area contributed by atoms with E-state index in [0.29, 0.717) is 18.2 Å². The average Bonchev–Trinajstić information content (AvgIpc) is 2.87. The fraction of sp³-hybridized carbons (Fsp3) is 0.133. The number of carbonyl (C=O) groups is 1. The first-order valence-corrected chi connectivity index (χ1v) is 11.0. The van der Waals surface area contributed by atoms with Crippen LogP contribution in [0.2, 0.25) is 0 Å².